The number of rotatable bonds is 12. The Morgan fingerprint density at radius 1 is 0.482 bits per heavy atom. The zero-order chi connectivity index (χ0) is 50.2. The molecule has 0 aliphatic heterocycles. The molecule has 0 radical (unpaired) electrons. The van der Waals surface area contributed by atoms with Crippen LogP contribution in [0.4, 0.5) is 4.39 Å². The van der Waals surface area contributed by atoms with Crippen LogP contribution in [0.2, 0.25) is 0 Å². The molecule has 0 aliphatic rings. The van der Waals surface area contributed by atoms with Crippen LogP contribution in [-0.4, -0.2) is 15.0 Å². The van der Waals surface area contributed by atoms with Crippen LogP contribution in [0, 0.1) is 5.82 Å². The maximum absolute atomic E-state index is 14.6. The van der Waals surface area contributed by atoms with Crippen molar-refractivity contribution in [3.05, 3.63) is 209 Å². The second-order valence-corrected chi connectivity index (χ2v) is 12.8. The summed E-state index contributed by atoms with van der Waals surface area (Å²) in [6.45, 7) is 0. The molecule has 0 aliphatic carbocycles. The highest BCUT2D eigenvalue weighted by Gasteiger charge is 2.14. The molecule has 56 heavy (non-hydrogen) atoms. The van der Waals surface area contributed by atoms with E-state index in [9.17, 15) is 20.8 Å². The molecule has 5 heteroatoms. The van der Waals surface area contributed by atoms with Gasteiger partial charge >= 0.3 is 0 Å². The summed E-state index contributed by atoms with van der Waals surface area (Å²) in [6, 6.07) is 34.4. The number of pyridine rings is 3. The smallest absolute Gasteiger partial charge is 0.144 e. The zero-order valence-electron chi connectivity index (χ0n) is 43.6. The molecule has 0 atom stereocenters. The van der Waals surface area contributed by atoms with Crippen molar-refractivity contribution in [3.63, 3.8) is 0 Å². The number of fused-ring (bicyclic) bond motifs is 3. The van der Waals surface area contributed by atoms with Gasteiger partial charge in [0.05, 0.1) is 19.8 Å². The highest BCUT2D eigenvalue weighted by atomic mass is 19.1. The first-order valence-electron chi connectivity index (χ1n) is 24.8. The first-order valence-corrected chi connectivity index (χ1v) is 17.8. The van der Waals surface area contributed by atoms with Crippen LogP contribution in [0.5, 0.6) is 0 Å². The van der Waals surface area contributed by atoms with E-state index in [0.717, 1.165) is 35.5 Å². The number of halogens is 1. The molecule has 4 heterocycles. The first-order chi connectivity index (χ1) is 33.0. The topological polar surface area (TPSA) is 51.8 Å². The van der Waals surface area contributed by atoms with Crippen LogP contribution >= 0.6 is 0 Å². The largest absolute Gasteiger partial charge is 0.455 e. The average Bonchev–Trinajstić information content (AvgIpc) is 3.74. The van der Waals surface area contributed by atoms with Crippen molar-refractivity contribution in [2.75, 3.05) is 0 Å². The minimum absolute atomic E-state index is 0.103. The quantitative estimate of drug-likeness (QED) is 0.125. The van der Waals surface area contributed by atoms with Gasteiger partial charge in [0, 0.05) is 62.5 Å². The maximum Gasteiger partial charge on any atom is 0.144 e. The van der Waals surface area contributed by atoms with E-state index in [0.29, 0.717) is 22.3 Å². The summed E-state index contributed by atoms with van der Waals surface area (Å²) in [5.41, 5.74) is 0.811. The lowest BCUT2D eigenvalue weighted by atomic mass is 9.94. The fraction of sp³-hybridized carbons (Fsp3) is 0.118. The van der Waals surface area contributed by atoms with Crippen LogP contribution in [0.25, 0.3) is 55.7 Å². The molecule has 0 bridgehead atoms. The first kappa shape index (κ1) is 22.6. The summed E-state index contributed by atoms with van der Waals surface area (Å²) in [6.07, 6.45) is -14.8. The summed E-state index contributed by atoms with van der Waals surface area (Å²) >= 11 is 0. The lowest BCUT2D eigenvalue weighted by Crippen LogP contribution is -2.00. The van der Waals surface area contributed by atoms with Gasteiger partial charge < -0.3 is 4.42 Å². The number of hydrogen-bond donors (Lipinski definition) is 0. The van der Waals surface area contributed by atoms with E-state index in [1.807, 2.05) is 12.1 Å². The lowest BCUT2D eigenvalue weighted by Gasteiger charge is -2.12. The van der Waals surface area contributed by atoms with E-state index in [1.165, 1.54) is 54.9 Å². The third-order valence-corrected chi connectivity index (χ3v) is 9.00. The van der Waals surface area contributed by atoms with Crippen molar-refractivity contribution >= 4 is 21.9 Å². The highest BCUT2D eigenvalue weighted by Crippen LogP contribution is 2.35. The molecular weight excluding hydrogens is 690 g/mol. The summed E-state index contributed by atoms with van der Waals surface area (Å²) < 4.78 is 149. The summed E-state index contributed by atoms with van der Waals surface area (Å²) in [5.74, 6) is -1.01. The predicted octanol–water partition coefficient (Wildman–Crippen LogP) is 12.3. The fourth-order valence-electron chi connectivity index (χ4n) is 6.24. The van der Waals surface area contributed by atoms with E-state index in [2.05, 4.69) is 15.0 Å². The number of furan rings is 1. The average molecular weight is 744 g/mol. The van der Waals surface area contributed by atoms with Crippen LogP contribution in [0.1, 0.15) is 52.6 Å². The summed E-state index contributed by atoms with van der Waals surface area (Å²) in [7, 11) is 0. The van der Waals surface area contributed by atoms with Gasteiger partial charge in [-0.1, -0.05) is 109 Å². The molecule has 5 aromatic carbocycles. The van der Waals surface area contributed by atoms with Gasteiger partial charge in [0.2, 0.25) is 0 Å². The van der Waals surface area contributed by atoms with Gasteiger partial charge in [-0.25, -0.2) is 4.39 Å². The molecule has 4 aromatic heterocycles. The number of para-hydroxylation sites is 1. The number of nitrogens with zero attached hydrogens (tertiary/aromatic N) is 3. The molecule has 0 spiro atoms. The Kier molecular flexibility index (Phi) is 6.44. The van der Waals surface area contributed by atoms with Crippen LogP contribution in [0.3, 0.4) is 0 Å². The van der Waals surface area contributed by atoms with Crippen molar-refractivity contribution < 1.29 is 28.0 Å². The molecule has 272 valence electrons. The molecule has 0 N–H and O–H groups in total. The van der Waals surface area contributed by atoms with Crippen molar-refractivity contribution in [1.82, 2.24) is 15.0 Å². The zero-order valence-corrected chi connectivity index (χ0v) is 29.6. The molecular formula is C51H40FN3O. The molecule has 0 saturated heterocycles. The normalized spacial score (nSPS) is 16.6. The standard InChI is InChI=1S/C51H40FN3O/c52-43-23-27-50-46(31-43)44-12-7-13-45(51(44)56-50)49-26-22-37(34-55-49)16-19-40-29-38(17-14-35-20-24-47(53-32-35)41-8-3-1-4-9-41)28-39(30-40)18-15-36-21-25-48(54-33-36)42-10-5-2-6-11-42/h1-13,20-34H,14-19H2/i14D2,15D2,16D2,17D2,18D2,19D2,23D,31D. The van der Waals surface area contributed by atoms with Gasteiger partial charge in [0.15, 0.2) is 0 Å². The monoisotopic (exact) mass is 743 g/mol. The van der Waals surface area contributed by atoms with Gasteiger partial charge in [-0.3, -0.25) is 15.0 Å². The molecule has 0 amide bonds. The van der Waals surface area contributed by atoms with Gasteiger partial charge in [-0.15, -0.1) is 0 Å². The van der Waals surface area contributed by atoms with Crippen molar-refractivity contribution in [2.24, 2.45) is 0 Å². The van der Waals surface area contributed by atoms with E-state index in [4.69, 9.17) is 7.16 Å². The van der Waals surface area contributed by atoms with Crippen molar-refractivity contribution in [3.8, 4) is 33.8 Å². The molecule has 9 rings (SSSR count). The second kappa shape index (κ2) is 15.9. The predicted molar refractivity (Wildman–Crippen MR) is 225 cm³/mol. The Hall–Kier alpha value is -6.72. The maximum atomic E-state index is 14.6. The number of hydrogen-bond acceptors (Lipinski definition) is 4. The van der Waals surface area contributed by atoms with Crippen molar-refractivity contribution in [2.45, 2.75) is 38.2 Å². The Morgan fingerprint density at radius 2 is 0.964 bits per heavy atom. The number of aryl methyl sites for hydroxylation is 6. The fourth-order valence-corrected chi connectivity index (χ4v) is 6.24. The van der Waals surface area contributed by atoms with E-state index in [1.54, 1.807) is 66.7 Å². The Bertz CT molecular complexity index is 3280. The number of aromatic nitrogens is 3. The van der Waals surface area contributed by atoms with Gasteiger partial charge in [-0.05, 0) is 114 Å². The molecule has 9 aromatic rings. The minimum Gasteiger partial charge on any atom is -0.455 e. The van der Waals surface area contributed by atoms with E-state index in [-0.39, 0.29) is 38.9 Å². The van der Waals surface area contributed by atoms with Gasteiger partial charge in [0.25, 0.3) is 0 Å². The molecule has 0 unspecified atom stereocenters. The van der Waals surface area contributed by atoms with Crippen LogP contribution < -0.4 is 0 Å². The van der Waals surface area contributed by atoms with Gasteiger partial charge in [-0.2, -0.15) is 0 Å². The van der Waals surface area contributed by atoms with Crippen molar-refractivity contribution in [1.29, 1.82) is 0 Å². The highest BCUT2D eigenvalue weighted by molar-refractivity contribution is 6.09. The summed E-state index contributed by atoms with van der Waals surface area (Å²) in [4.78, 5) is 13.2. The molecule has 0 fully saturated rings. The summed E-state index contributed by atoms with van der Waals surface area (Å²) in [5, 5.41) is 0.525. The second-order valence-electron chi connectivity index (χ2n) is 12.8. The Morgan fingerprint density at radius 3 is 1.45 bits per heavy atom. The SMILES string of the molecule is [2H]c1cc2oc3c(-c4ccc(C([2H])([2H])C([2H])([2H])c5cc(C([2H])([2H])C([2H])([2H])c6ccc(-c7ccccc7)nc6)cc(C([2H])([2H])C([2H])([2H])c6ccc(-c7ccccc7)nc6)c5)cn4)cccc3c2c([2H])c1F. The lowest BCUT2D eigenvalue weighted by molar-refractivity contribution is 0.626. The molecule has 4 nitrogen and oxygen atoms in total. The Balaban J connectivity index is 1.13. The third-order valence-electron chi connectivity index (χ3n) is 9.00. The number of benzene rings is 5. The minimum atomic E-state index is -3.16. The van der Waals surface area contributed by atoms with Crippen LogP contribution in [-0.2, 0) is 38.2 Å². The Labute approximate surface area is 346 Å². The van der Waals surface area contributed by atoms with Gasteiger partial charge in [0.1, 0.15) is 17.0 Å². The molecule has 0 saturated carbocycles. The van der Waals surface area contributed by atoms with E-state index >= 15 is 0 Å². The van der Waals surface area contributed by atoms with Crippen LogP contribution in [0.15, 0.2) is 175 Å². The van der Waals surface area contributed by atoms with E-state index < -0.39 is 72.8 Å². The third kappa shape index (κ3) is 7.89.